The molecule has 2 aromatic rings. The quantitative estimate of drug-likeness (QED) is 0.803. The number of likely N-dealkylation sites (tertiary alicyclic amines) is 1. The summed E-state index contributed by atoms with van der Waals surface area (Å²) in [5.74, 6) is -0.0239. The Balaban J connectivity index is 1.89. The van der Waals surface area contributed by atoms with Gasteiger partial charge in [0.05, 0.1) is 17.7 Å². The molecule has 0 aliphatic carbocycles. The summed E-state index contributed by atoms with van der Waals surface area (Å²) in [5, 5.41) is 16.4. The largest absolute Gasteiger partial charge is 0.388 e. The van der Waals surface area contributed by atoms with Crippen LogP contribution in [0.15, 0.2) is 36.2 Å². The molecule has 7 heteroatoms. The van der Waals surface area contributed by atoms with E-state index in [2.05, 4.69) is 26.3 Å². The number of thiophene rings is 1. The highest BCUT2D eigenvalue weighted by molar-refractivity contribution is 7.10. The van der Waals surface area contributed by atoms with Crippen molar-refractivity contribution in [2.75, 3.05) is 6.54 Å². The fourth-order valence-electron chi connectivity index (χ4n) is 3.78. The molecule has 2 N–H and O–H groups in total. The van der Waals surface area contributed by atoms with Crippen LogP contribution in [0.1, 0.15) is 57.0 Å². The molecular weight excluding hydrogens is 372 g/mol. The molecular formula is C21H30N4O2S. The lowest BCUT2D eigenvalue weighted by atomic mass is 9.81. The number of carbonyl (C=O) groups excluding carboxylic acids is 1. The first-order valence-corrected chi connectivity index (χ1v) is 10.6. The molecule has 0 spiro atoms. The van der Waals surface area contributed by atoms with Crippen LogP contribution in [-0.4, -0.2) is 44.1 Å². The summed E-state index contributed by atoms with van der Waals surface area (Å²) in [6.45, 7) is 9.37. The van der Waals surface area contributed by atoms with Crippen LogP contribution in [-0.2, 0) is 11.3 Å². The van der Waals surface area contributed by atoms with Crippen molar-refractivity contribution in [1.29, 1.82) is 0 Å². The molecule has 3 atom stereocenters. The first kappa shape index (κ1) is 20.9. The van der Waals surface area contributed by atoms with Gasteiger partial charge in [-0.2, -0.15) is 0 Å². The van der Waals surface area contributed by atoms with Crippen LogP contribution in [0, 0.1) is 5.41 Å². The Kier molecular flexibility index (Phi) is 6.17. The van der Waals surface area contributed by atoms with E-state index in [1.165, 1.54) is 6.33 Å². The molecule has 0 radical (unpaired) electrons. The summed E-state index contributed by atoms with van der Waals surface area (Å²) < 4.78 is 0. The van der Waals surface area contributed by atoms with Gasteiger partial charge >= 0.3 is 0 Å². The summed E-state index contributed by atoms with van der Waals surface area (Å²) in [7, 11) is 0. The molecule has 152 valence electrons. The number of carbonyl (C=O) groups is 1. The summed E-state index contributed by atoms with van der Waals surface area (Å²) in [6, 6.07) is 3.60. The number of nitrogens with one attached hydrogen (secondary N) is 1. The van der Waals surface area contributed by atoms with Crippen molar-refractivity contribution in [1.82, 2.24) is 20.2 Å². The highest BCUT2D eigenvalue weighted by Crippen LogP contribution is 2.39. The first-order chi connectivity index (χ1) is 13.2. The van der Waals surface area contributed by atoms with E-state index >= 15 is 0 Å². The van der Waals surface area contributed by atoms with E-state index in [-0.39, 0.29) is 23.4 Å². The molecule has 2 aromatic heterocycles. The fourth-order valence-corrected chi connectivity index (χ4v) is 4.68. The van der Waals surface area contributed by atoms with Crippen molar-refractivity contribution in [3.05, 3.63) is 46.7 Å². The van der Waals surface area contributed by atoms with E-state index in [0.29, 0.717) is 19.4 Å². The Morgan fingerprint density at radius 3 is 2.71 bits per heavy atom. The maximum Gasteiger partial charge on any atom is 0.220 e. The van der Waals surface area contributed by atoms with E-state index in [1.54, 1.807) is 11.3 Å². The van der Waals surface area contributed by atoms with Crippen LogP contribution >= 0.6 is 11.3 Å². The van der Waals surface area contributed by atoms with Gasteiger partial charge in [-0.1, -0.05) is 26.8 Å². The standard InChI is InChI=1S/C21H30N4O2S/c1-20(2,3)10-17(26)24-19-18(16-6-5-9-28-16)25(8-7-21(19,4)27)13-15-11-22-14-23-12-15/h5-6,9,11-12,14,18-19,27H,7-8,10,13H2,1-4H3,(H,24,26). The number of aromatic nitrogens is 2. The monoisotopic (exact) mass is 402 g/mol. The van der Waals surface area contributed by atoms with Crippen molar-refractivity contribution < 1.29 is 9.90 Å². The van der Waals surface area contributed by atoms with E-state index in [9.17, 15) is 9.90 Å². The van der Waals surface area contributed by atoms with Crippen molar-refractivity contribution in [2.45, 2.75) is 64.8 Å². The minimum atomic E-state index is -0.980. The lowest BCUT2D eigenvalue weighted by Crippen LogP contribution is -2.62. The van der Waals surface area contributed by atoms with Crippen molar-refractivity contribution in [3.8, 4) is 0 Å². The van der Waals surface area contributed by atoms with Gasteiger partial charge in [-0.05, 0) is 30.2 Å². The minimum Gasteiger partial charge on any atom is -0.388 e. The van der Waals surface area contributed by atoms with Crippen LogP contribution in [0.5, 0.6) is 0 Å². The van der Waals surface area contributed by atoms with Gasteiger partial charge in [-0.3, -0.25) is 9.69 Å². The smallest absolute Gasteiger partial charge is 0.220 e. The van der Waals surface area contributed by atoms with E-state index in [0.717, 1.165) is 17.0 Å². The highest BCUT2D eigenvalue weighted by atomic mass is 32.1. The minimum absolute atomic E-state index is 0.0239. The maximum atomic E-state index is 12.7. The molecule has 3 heterocycles. The van der Waals surface area contributed by atoms with Gasteiger partial charge in [0.1, 0.15) is 6.33 Å². The molecule has 6 nitrogen and oxygen atoms in total. The van der Waals surface area contributed by atoms with Gasteiger partial charge in [-0.15, -0.1) is 11.3 Å². The molecule has 28 heavy (non-hydrogen) atoms. The summed E-state index contributed by atoms with van der Waals surface area (Å²) in [5.41, 5.74) is -0.0685. The second-order valence-electron chi connectivity index (χ2n) is 9.07. The summed E-state index contributed by atoms with van der Waals surface area (Å²) in [6.07, 6.45) is 6.17. The first-order valence-electron chi connectivity index (χ1n) is 9.69. The van der Waals surface area contributed by atoms with E-state index in [4.69, 9.17) is 0 Å². The van der Waals surface area contributed by atoms with E-state index in [1.807, 2.05) is 51.5 Å². The van der Waals surface area contributed by atoms with Crippen molar-refractivity contribution in [3.63, 3.8) is 0 Å². The highest BCUT2D eigenvalue weighted by Gasteiger charge is 2.46. The van der Waals surface area contributed by atoms with Crippen LogP contribution in [0.3, 0.4) is 0 Å². The van der Waals surface area contributed by atoms with Crippen LogP contribution in [0.2, 0.25) is 0 Å². The number of piperidine rings is 1. The third kappa shape index (κ3) is 5.16. The Morgan fingerprint density at radius 2 is 2.11 bits per heavy atom. The third-order valence-corrected chi connectivity index (χ3v) is 6.07. The van der Waals surface area contributed by atoms with E-state index < -0.39 is 5.60 Å². The molecule has 1 aliphatic heterocycles. The zero-order valence-electron chi connectivity index (χ0n) is 17.1. The molecule has 1 saturated heterocycles. The summed E-state index contributed by atoms with van der Waals surface area (Å²) in [4.78, 5) is 24.4. The Morgan fingerprint density at radius 1 is 1.39 bits per heavy atom. The van der Waals surface area contributed by atoms with Gasteiger partial charge in [0.15, 0.2) is 0 Å². The number of rotatable bonds is 5. The topological polar surface area (TPSA) is 78.4 Å². The second-order valence-corrected chi connectivity index (χ2v) is 10.0. The fraction of sp³-hybridized carbons (Fsp3) is 0.571. The maximum absolute atomic E-state index is 12.7. The lowest BCUT2D eigenvalue weighted by molar-refractivity contribution is -0.130. The Hall–Kier alpha value is -1.83. The van der Waals surface area contributed by atoms with Crippen molar-refractivity contribution in [2.24, 2.45) is 5.41 Å². The zero-order chi connectivity index (χ0) is 20.4. The van der Waals surface area contributed by atoms with Gasteiger partial charge < -0.3 is 10.4 Å². The summed E-state index contributed by atoms with van der Waals surface area (Å²) >= 11 is 1.65. The predicted octanol–water partition coefficient (Wildman–Crippen LogP) is 3.16. The Labute approximate surface area is 171 Å². The van der Waals surface area contributed by atoms with Gasteiger partial charge in [0.2, 0.25) is 5.91 Å². The molecule has 1 fully saturated rings. The molecule has 1 aliphatic rings. The van der Waals surface area contributed by atoms with Crippen LogP contribution < -0.4 is 5.32 Å². The SMILES string of the molecule is CC(C)(C)CC(=O)NC1C(c2cccs2)N(Cc2cncnc2)CCC1(C)O. The number of hydrogen-bond acceptors (Lipinski definition) is 6. The molecule has 0 bridgehead atoms. The molecule has 0 aromatic carbocycles. The van der Waals surface area contributed by atoms with Crippen LogP contribution in [0.25, 0.3) is 0 Å². The van der Waals surface area contributed by atoms with Gasteiger partial charge in [0.25, 0.3) is 0 Å². The van der Waals surface area contributed by atoms with Crippen molar-refractivity contribution >= 4 is 17.2 Å². The predicted molar refractivity (Wildman–Crippen MR) is 111 cm³/mol. The van der Waals surface area contributed by atoms with Gasteiger partial charge in [0, 0.05) is 42.3 Å². The average molecular weight is 403 g/mol. The molecule has 3 unspecified atom stereocenters. The number of amides is 1. The number of nitrogens with zero attached hydrogens (tertiary/aromatic N) is 3. The lowest BCUT2D eigenvalue weighted by Gasteiger charge is -2.49. The molecule has 3 rings (SSSR count). The second kappa shape index (κ2) is 8.27. The molecule has 0 saturated carbocycles. The number of hydrogen-bond donors (Lipinski definition) is 2. The van der Waals surface area contributed by atoms with Gasteiger partial charge in [-0.25, -0.2) is 9.97 Å². The third-order valence-electron chi connectivity index (χ3n) is 5.13. The zero-order valence-corrected chi connectivity index (χ0v) is 17.9. The Bertz CT molecular complexity index is 771. The average Bonchev–Trinajstić information content (AvgIpc) is 3.11. The van der Waals surface area contributed by atoms with Crippen LogP contribution in [0.4, 0.5) is 0 Å². The normalized spacial score (nSPS) is 26.2. The molecule has 1 amide bonds. The number of aliphatic hydroxyl groups is 1.